The Morgan fingerprint density at radius 2 is 2.33 bits per heavy atom. The summed E-state index contributed by atoms with van der Waals surface area (Å²) in [6, 6.07) is 3.10. The number of aryl methyl sites for hydroxylation is 1. The maximum atomic E-state index is 10.9. The van der Waals surface area contributed by atoms with E-state index in [1.165, 1.54) is 0 Å². The number of carbonyl (C=O) groups is 1. The second kappa shape index (κ2) is 3.55. The topological polar surface area (TPSA) is 72.5 Å². The van der Waals surface area contributed by atoms with E-state index in [2.05, 4.69) is 0 Å². The fourth-order valence-corrected chi connectivity index (χ4v) is 1.84. The van der Waals surface area contributed by atoms with Crippen LogP contribution in [0.25, 0.3) is 0 Å². The standard InChI is InChI=1S/C11H13NO3/c1-6-4-7(11(13)14)5-8-9(12)2-3-15-10(6)8/h4-5,9H,2-3,12H2,1H3,(H,13,14)/t9-/m1/s1. The van der Waals surface area contributed by atoms with E-state index in [0.717, 1.165) is 23.3 Å². The maximum Gasteiger partial charge on any atom is 0.335 e. The predicted octanol–water partition coefficient (Wildman–Crippen LogP) is 1.48. The van der Waals surface area contributed by atoms with Crippen molar-refractivity contribution in [1.29, 1.82) is 0 Å². The third-order valence-corrected chi connectivity index (χ3v) is 2.63. The highest BCUT2D eigenvalue weighted by molar-refractivity contribution is 5.88. The number of ether oxygens (including phenoxy) is 1. The maximum absolute atomic E-state index is 10.9. The molecular formula is C11H13NO3. The average molecular weight is 207 g/mol. The third-order valence-electron chi connectivity index (χ3n) is 2.63. The molecule has 1 aromatic carbocycles. The Bertz CT molecular complexity index is 415. The molecule has 1 atom stereocenters. The van der Waals surface area contributed by atoms with E-state index in [1.54, 1.807) is 12.1 Å². The van der Waals surface area contributed by atoms with Gasteiger partial charge in [-0.25, -0.2) is 4.79 Å². The molecule has 4 heteroatoms. The van der Waals surface area contributed by atoms with E-state index in [1.807, 2.05) is 6.92 Å². The second-order valence-electron chi connectivity index (χ2n) is 3.76. The van der Waals surface area contributed by atoms with Gasteiger partial charge in [0.15, 0.2) is 0 Å². The number of hydrogen-bond donors (Lipinski definition) is 2. The monoisotopic (exact) mass is 207 g/mol. The van der Waals surface area contributed by atoms with Crippen molar-refractivity contribution in [2.75, 3.05) is 6.61 Å². The van der Waals surface area contributed by atoms with Crippen LogP contribution in [0.5, 0.6) is 5.75 Å². The Balaban J connectivity index is 2.56. The summed E-state index contributed by atoms with van der Waals surface area (Å²) >= 11 is 0. The van der Waals surface area contributed by atoms with E-state index in [4.69, 9.17) is 15.6 Å². The molecule has 3 N–H and O–H groups in total. The zero-order valence-corrected chi connectivity index (χ0v) is 8.49. The van der Waals surface area contributed by atoms with Crippen molar-refractivity contribution in [1.82, 2.24) is 0 Å². The van der Waals surface area contributed by atoms with E-state index < -0.39 is 5.97 Å². The van der Waals surface area contributed by atoms with Crippen molar-refractivity contribution in [3.8, 4) is 5.75 Å². The lowest BCUT2D eigenvalue weighted by atomic mass is 9.96. The number of rotatable bonds is 1. The molecule has 0 saturated heterocycles. The van der Waals surface area contributed by atoms with Crippen molar-refractivity contribution in [2.24, 2.45) is 5.73 Å². The first-order chi connectivity index (χ1) is 7.09. The van der Waals surface area contributed by atoms with Crippen LogP contribution in [0, 0.1) is 6.92 Å². The minimum absolute atomic E-state index is 0.119. The molecule has 2 rings (SSSR count). The van der Waals surface area contributed by atoms with Gasteiger partial charge in [-0.2, -0.15) is 0 Å². The molecule has 1 aliphatic rings. The zero-order chi connectivity index (χ0) is 11.0. The summed E-state index contributed by atoms with van der Waals surface area (Å²) in [7, 11) is 0. The van der Waals surface area contributed by atoms with E-state index in [0.29, 0.717) is 6.61 Å². The molecule has 0 bridgehead atoms. The molecule has 0 saturated carbocycles. The summed E-state index contributed by atoms with van der Waals surface area (Å²) in [4.78, 5) is 10.9. The average Bonchev–Trinajstić information content (AvgIpc) is 2.19. The van der Waals surface area contributed by atoms with Crippen LogP contribution >= 0.6 is 0 Å². The quantitative estimate of drug-likeness (QED) is 0.731. The molecule has 4 nitrogen and oxygen atoms in total. The fourth-order valence-electron chi connectivity index (χ4n) is 1.84. The Hall–Kier alpha value is -1.55. The highest BCUT2D eigenvalue weighted by atomic mass is 16.5. The molecule has 1 aromatic rings. The molecule has 0 fully saturated rings. The van der Waals surface area contributed by atoms with Crippen molar-refractivity contribution in [3.63, 3.8) is 0 Å². The SMILES string of the molecule is Cc1cc(C(=O)O)cc2c1OCC[C@H]2N. The fraction of sp³-hybridized carbons (Fsp3) is 0.364. The van der Waals surface area contributed by atoms with Gasteiger partial charge in [0.25, 0.3) is 0 Å². The third kappa shape index (κ3) is 1.68. The van der Waals surface area contributed by atoms with Gasteiger partial charge >= 0.3 is 5.97 Å². The highest BCUT2D eigenvalue weighted by Crippen LogP contribution is 2.34. The van der Waals surface area contributed by atoms with Crippen LogP contribution in [0.15, 0.2) is 12.1 Å². The van der Waals surface area contributed by atoms with Crippen LogP contribution in [0.1, 0.15) is 33.9 Å². The van der Waals surface area contributed by atoms with Crippen molar-refractivity contribution in [2.45, 2.75) is 19.4 Å². The number of nitrogens with two attached hydrogens (primary N) is 1. The normalized spacial score (nSPS) is 19.2. The molecule has 0 aliphatic carbocycles. The van der Waals surface area contributed by atoms with Crippen LogP contribution in [0.4, 0.5) is 0 Å². The van der Waals surface area contributed by atoms with Crippen molar-refractivity contribution in [3.05, 3.63) is 28.8 Å². The lowest BCUT2D eigenvalue weighted by Gasteiger charge is -2.24. The smallest absolute Gasteiger partial charge is 0.335 e. The number of hydrogen-bond acceptors (Lipinski definition) is 3. The summed E-state index contributed by atoms with van der Waals surface area (Å²) in [5, 5.41) is 8.92. The summed E-state index contributed by atoms with van der Waals surface area (Å²) in [5.74, 6) is -0.183. The summed E-state index contributed by atoms with van der Waals surface area (Å²) in [6.45, 7) is 2.44. The van der Waals surface area contributed by atoms with E-state index >= 15 is 0 Å². The number of benzene rings is 1. The lowest BCUT2D eigenvalue weighted by molar-refractivity contribution is 0.0696. The minimum Gasteiger partial charge on any atom is -0.493 e. The van der Waals surface area contributed by atoms with Crippen LogP contribution in [-0.2, 0) is 0 Å². The van der Waals surface area contributed by atoms with Gasteiger partial charge in [0.05, 0.1) is 12.2 Å². The van der Waals surface area contributed by atoms with Gasteiger partial charge < -0.3 is 15.6 Å². The Morgan fingerprint density at radius 3 is 3.00 bits per heavy atom. The number of fused-ring (bicyclic) bond motifs is 1. The Kier molecular flexibility index (Phi) is 2.36. The molecule has 0 unspecified atom stereocenters. The molecule has 0 amide bonds. The number of carboxylic acid groups (broad SMARTS) is 1. The predicted molar refractivity (Wildman–Crippen MR) is 55.2 cm³/mol. The largest absolute Gasteiger partial charge is 0.493 e. The van der Waals surface area contributed by atoms with E-state index in [-0.39, 0.29) is 11.6 Å². The van der Waals surface area contributed by atoms with Gasteiger partial charge in [-0.15, -0.1) is 0 Å². The van der Waals surface area contributed by atoms with Crippen LogP contribution < -0.4 is 10.5 Å². The number of aromatic carboxylic acids is 1. The first-order valence-corrected chi connectivity index (χ1v) is 4.86. The Morgan fingerprint density at radius 1 is 1.60 bits per heavy atom. The molecule has 0 aromatic heterocycles. The molecule has 15 heavy (non-hydrogen) atoms. The number of carboxylic acids is 1. The van der Waals surface area contributed by atoms with Gasteiger partial charge in [-0.3, -0.25) is 0 Å². The van der Waals surface area contributed by atoms with Crippen molar-refractivity contribution >= 4 is 5.97 Å². The van der Waals surface area contributed by atoms with Crippen molar-refractivity contribution < 1.29 is 14.6 Å². The second-order valence-corrected chi connectivity index (χ2v) is 3.76. The minimum atomic E-state index is -0.932. The molecule has 1 heterocycles. The lowest BCUT2D eigenvalue weighted by Crippen LogP contribution is -2.21. The highest BCUT2D eigenvalue weighted by Gasteiger charge is 2.21. The van der Waals surface area contributed by atoms with Crippen LogP contribution in [0.2, 0.25) is 0 Å². The molecule has 1 aliphatic heterocycles. The summed E-state index contributed by atoms with van der Waals surface area (Å²) in [5.41, 5.74) is 7.82. The summed E-state index contributed by atoms with van der Waals surface area (Å²) < 4.78 is 5.49. The summed E-state index contributed by atoms with van der Waals surface area (Å²) in [6.07, 6.45) is 0.732. The van der Waals surface area contributed by atoms with Gasteiger partial charge in [-0.1, -0.05) is 0 Å². The van der Waals surface area contributed by atoms with Crippen LogP contribution in [0.3, 0.4) is 0 Å². The molecule has 80 valence electrons. The van der Waals surface area contributed by atoms with Gasteiger partial charge in [-0.05, 0) is 24.6 Å². The molecular weight excluding hydrogens is 194 g/mol. The first kappa shape index (κ1) is 9.98. The molecule has 0 radical (unpaired) electrons. The van der Waals surface area contributed by atoms with Crippen LogP contribution in [-0.4, -0.2) is 17.7 Å². The zero-order valence-electron chi connectivity index (χ0n) is 8.49. The van der Waals surface area contributed by atoms with E-state index in [9.17, 15) is 4.79 Å². The Labute approximate surface area is 87.7 Å². The van der Waals surface area contributed by atoms with Gasteiger partial charge in [0, 0.05) is 18.0 Å². The first-order valence-electron chi connectivity index (χ1n) is 4.86. The molecule has 0 spiro atoms. The van der Waals surface area contributed by atoms with Gasteiger partial charge in [0.1, 0.15) is 5.75 Å². The van der Waals surface area contributed by atoms with Gasteiger partial charge in [0.2, 0.25) is 0 Å².